The molecule has 0 aromatic heterocycles. The van der Waals surface area contributed by atoms with E-state index in [0.717, 1.165) is 49.0 Å². The van der Waals surface area contributed by atoms with Crippen LogP contribution in [0.4, 0.5) is 0 Å². The van der Waals surface area contributed by atoms with E-state index in [-0.39, 0.29) is 29.6 Å². The molecule has 0 radical (unpaired) electrons. The molecule has 6 heteroatoms. The zero-order chi connectivity index (χ0) is 28.4. The van der Waals surface area contributed by atoms with E-state index in [2.05, 4.69) is 27.7 Å². The second-order valence-corrected chi connectivity index (χ2v) is 16.8. The van der Waals surface area contributed by atoms with Gasteiger partial charge >= 0.3 is 0 Å². The smallest absolute Gasteiger partial charge is 0.296 e. The molecule has 12 atom stereocenters. The van der Waals surface area contributed by atoms with Crippen LogP contribution in [0.2, 0.25) is 0 Å². The highest BCUT2D eigenvalue weighted by atomic mass is 32.2. The Morgan fingerprint density at radius 1 is 1.02 bits per heavy atom. The van der Waals surface area contributed by atoms with Gasteiger partial charge in [-0.15, -0.1) is 0 Å². The van der Waals surface area contributed by atoms with Crippen molar-refractivity contribution >= 4 is 10.1 Å². The first kappa shape index (κ1) is 29.1. The molecule has 4 saturated carbocycles. The zero-order valence-electron chi connectivity index (χ0n) is 25.3. The summed E-state index contributed by atoms with van der Waals surface area (Å²) >= 11 is 0. The van der Waals surface area contributed by atoms with Gasteiger partial charge in [-0.1, -0.05) is 45.4 Å². The summed E-state index contributed by atoms with van der Waals surface area (Å²) in [5, 5.41) is 10.4. The molecule has 0 spiro atoms. The van der Waals surface area contributed by atoms with Crippen LogP contribution < -0.4 is 0 Å². The summed E-state index contributed by atoms with van der Waals surface area (Å²) in [5.41, 5.74) is 1.82. The monoisotopic (exact) mass is 572 g/mol. The molecule has 4 unspecified atom stereocenters. The molecule has 224 valence electrons. The highest BCUT2D eigenvalue weighted by Crippen LogP contribution is 2.70. The van der Waals surface area contributed by atoms with Gasteiger partial charge in [-0.05, 0) is 136 Å². The number of hydrogen-bond acceptors (Lipinski definition) is 5. The van der Waals surface area contributed by atoms with Gasteiger partial charge in [-0.3, -0.25) is 4.18 Å². The van der Waals surface area contributed by atoms with Gasteiger partial charge in [0.25, 0.3) is 10.1 Å². The van der Waals surface area contributed by atoms with Crippen molar-refractivity contribution in [3.63, 3.8) is 0 Å². The number of benzene rings is 1. The van der Waals surface area contributed by atoms with E-state index in [1.165, 1.54) is 38.5 Å². The molecule has 6 rings (SSSR count). The van der Waals surface area contributed by atoms with Gasteiger partial charge in [0.05, 0.1) is 29.8 Å². The van der Waals surface area contributed by atoms with Crippen molar-refractivity contribution in [1.82, 2.24) is 0 Å². The second-order valence-electron chi connectivity index (χ2n) is 15.2. The van der Waals surface area contributed by atoms with Crippen LogP contribution in [0.25, 0.3) is 0 Å². The Kier molecular flexibility index (Phi) is 7.75. The van der Waals surface area contributed by atoms with Gasteiger partial charge in [0.1, 0.15) is 0 Å². The van der Waals surface area contributed by atoms with Crippen molar-refractivity contribution in [1.29, 1.82) is 0 Å². The fourth-order valence-corrected chi connectivity index (χ4v) is 11.8. The van der Waals surface area contributed by atoms with Gasteiger partial charge in [-0.2, -0.15) is 8.42 Å². The molecule has 5 fully saturated rings. The molecule has 1 N–H and O–H groups in total. The third kappa shape index (κ3) is 4.91. The van der Waals surface area contributed by atoms with Gasteiger partial charge in [0.15, 0.2) is 0 Å². The first-order valence-electron chi connectivity index (χ1n) is 16.2. The summed E-state index contributed by atoms with van der Waals surface area (Å²) in [4.78, 5) is 0.229. The fraction of sp³-hybridized carbons (Fsp3) is 0.824. The summed E-state index contributed by atoms with van der Waals surface area (Å²) in [5.74, 6) is 4.45. The topological polar surface area (TPSA) is 72.8 Å². The summed E-state index contributed by atoms with van der Waals surface area (Å²) < 4.78 is 37.5. The summed E-state index contributed by atoms with van der Waals surface area (Å²) in [6.07, 6.45) is 12.2. The predicted molar refractivity (Wildman–Crippen MR) is 157 cm³/mol. The third-order valence-corrected chi connectivity index (χ3v) is 14.3. The quantitative estimate of drug-likeness (QED) is 0.351. The fourth-order valence-electron chi connectivity index (χ4n) is 10.8. The average molecular weight is 573 g/mol. The highest BCUT2D eigenvalue weighted by Gasteiger charge is 2.65. The van der Waals surface area contributed by atoms with E-state index in [4.69, 9.17) is 8.92 Å². The van der Waals surface area contributed by atoms with E-state index in [1.54, 1.807) is 24.3 Å². The molecule has 4 aliphatic carbocycles. The molecule has 1 aromatic rings. The van der Waals surface area contributed by atoms with Gasteiger partial charge in [0.2, 0.25) is 0 Å². The van der Waals surface area contributed by atoms with Gasteiger partial charge < -0.3 is 9.84 Å². The molecular weight excluding hydrogens is 520 g/mol. The lowest BCUT2D eigenvalue weighted by Crippen LogP contribution is -2.54. The normalized spacial score (nSPS) is 45.3. The maximum absolute atomic E-state index is 12.6. The largest absolute Gasteiger partial charge is 0.393 e. The lowest BCUT2D eigenvalue weighted by molar-refractivity contribution is -0.130. The van der Waals surface area contributed by atoms with E-state index in [1.807, 2.05) is 6.92 Å². The minimum Gasteiger partial charge on any atom is -0.393 e. The van der Waals surface area contributed by atoms with Crippen molar-refractivity contribution < 1.29 is 22.4 Å². The number of rotatable bonds is 7. The van der Waals surface area contributed by atoms with Crippen LogP contribution in [0, 0.1) is 59.2 Å². The Bertz CT molecular complexity index is 1170. The minimum atomic E-state index is -3.72. The van der Waals surface area contributed by atoms with Crippen molar-refractivity contribution in [2.24, 2.45) is 52.3 Å². The summed E-state index contributed by atoms with van der Waals surface area (Å²) in [6.45, 7) is 11.9. The zero-order valence-corrected chi connectivity index (χ0v) is 26.2. The van der Waals surface area contributed by atoms with Crippen LogP contribution in [0.15, 0.2) is 29.2 Å². The molecule has 0 bridgehead atoms. The maximum Gasteiger partial charge on any atom is 0.296 e. The molecule has 1 aliphatic heterocycles. The lowest BCUT2D eigenvalue weighted by Gasteiger charge is -2.61. The molecule has 40 heavy (non-hydrogen) atoms. The SMILES string of the molecule is Cc1ccc(S(=O)(=O)OCC(C)CCC2O[C@H]3C[C@H]4[C@@H]5CCC6CC(O)CC[C@]6(C)[C@H]5CC[C@]4(C)[C@H]3[C@@H]2C)cc1. The van der Waals surface area contributed by atoms with Gasteiger partial charge in [-0.25, -0.2) is 0 Å². The van der Waals surface area contributed by atoms with E-state index in [0.29, 0.717) is 34.7 Å². The second kappa shape index (κ2) is 10.6. The molecule has 1 saturated heterocycles. The van der Waals surface area contributed by atoms with Crippen molar-refractivity contribution in [2.75, 3.05) is 6.61 Å². The summed E-state index contributed by atoms with van der Waals surface area (Å²) in [7, 11) is -3.72. The Balaban J connectivity index is 1.05. The number of ether oxygens (including phenoxy) is 1. The van der Waals surface area contributed by atoms with Crippen LogP contribution >= 0.6 is 0 Å². The van der Waals surface area contributed by atoms with Crippen LogP contribution in [0.5, 0.6) is 0 Å². The number of fused-ring (bicyclic) bond motifs is 7. The Hall–Kier alpha value is -0.950. The van der Waals surface area contributed by atoms with E-state index in [9.17, 15) is 13.5 Å². The maximum atomic E-state index is 12.6. The lowest BCUT2D eigenvalue weighted by atomic mass is 9.44. The molecule has 1 aromatic carbocycles. The average Bonchev–Trinajstić information content (AvgIpc) is 3.40. The van der Waals surface area contributed by atoms with Crippen LogP contribution in [-0.2, 0) is 19.0 Å². The number of aliphatic hydroxyl groups excluding tert-OH is 1. The minimum absolute atomic E-state index is 0.0765. The van der Waals surface area contributed by atoms with Crippen LogP contribution in [0.3, 0.4) is 0 Å². The predicted octanol–water partition coefficient (Wildman–Crippen LogP) is 7.15. The molecule has 1 heterocycles. The van der Waals surface area contributed by atoms with Crippen molar-refractivity contribution in [3.8, 4) is 0 Å². The van der Waals surface area contributed by atoms with E-state index >= 15 is 0 Å². The molecule has 5 nitrogen and oxygen atoms in total. The van der Waals surface area contributed by atoms with Crippen molar-refractivity contribution in [3.05, 3.63) is 29.8 Å². The standard InChI is InChI=1S/C34H52O5S/c1-21-6-10-26(11-7-21)40(36,37)38-20-22(2)8-13-30-23(3)32-31(39-30)19-29-27-12-9-24-18-25(35)14-16-33(24,4)28(27)15-17-34(29,32)5/h6-7,10-11,22-25,27-32,35H,8-9,12-20H2,1-5H3/t22?,23-,24?,25?,27-,28+,29+,30?,31+,32+,33+,34+/m1/s1. The Morgan fingerprint density at radius 3 is 2.50 bits per heavy atom. The third-order valence-electron chi connectivity index (χ3n) is 13.0. The number of hydrogen-bond donors (Lipinski definition) is 1. The Morgan fingerprint density at radius 2 is 1.75 bits per heavy atom. The number of aryl methyl sites for hydroxylation is 1. The first-order chi connectivity index (χ1) is 18.9. The van der Waals surface area contributed by atoms with Gasteiger partial charge in [0, 0.05) is 0 Å². The molecule has 0 amide bonds. The van der Waals surface area contributed by atoms with Crippen LogP contribution in [0.1, 0.15) is 97.5 Å². The first-order valence-corrected chi connectivity index (χ1v) is 17.6. The number of aliphatic hydroxyl groups is 1. The van der Waals surface area contributed by atoms with Crippen molar-refractivity contribution in [2.45, 2.75) is 122 Å². The summed E-state index contributed by atoms with van der Waals surface area (Å²) in [6, 6.07) is 6.85. The highest BCUT2D eigenvalue weighted by molar-refractivity contribution is 7.86. The van der Waals surface area contributed by atoms with E-state index < -0.39 is 10.1 Å². The molecule has 5 aliphatic rings. The Labute approximate surface area is 242 Å². The van der Waals surface area contributed by atoms with Crippen LogP contribution in [-0.4, -0.2) is 38.4 Å². The molecular formula is C34H52O5S.